The van der Waals surface area contributed by atoms with E-state index < -0.39 is 40.9 Å². The van der Waals surface area contributed by atoms with Gasteiger partial charge in [0.15, 0.2) is 0 Å². The molecule has 13 heteroatoms. The minimum Gasteiger partial charge on any atom is -0.463 e. The number of hydrogen-bond donors (Lipinski definition) is 3. The van der Waals surface area contributed by atoms with E-state index >= 15 is 0 Å². The quantitative estimate of drug-likeness (QED) is 0.189. The van der Waals surface area contributed by atoms with Crippen molar-refractivity contribution in [1.82, 2.24) is 0 Å². The lowest BCUT2D eigenvalue weighted by Gasteiger charge is -2.16. The summed E-state index contributed by atoms with van der Waals surface area (Å²) in [6.07, 6.45) is 2.56. The molecule has 0 saturated heterocycles. The highest BCUT2D eigenvalue weighted by Crippen LogP contribution is 2.44. The Labute approximate surface area is 152 Å². The topological polar surface area (TPSA) is 158 Å². The third kappa shape index (κ3) is 14.8. The summed E-state index contributed by atoms with van der Waals surface area (Å²) in [5.41, 5.74) is 0. The normalized spacial score (nSPS) is 17.3. The van der Waals surface area contributed by atoms with E-state index in [9.17, 15) is 23.9 Å². The Morgan fingerprint density at radius 1 is 0.962 bits per heavy atom. The molecule has 0 aliphatic heterocycles. The largest absolute Gasteiger partial charge is 0.472 e. The van der Waals surface area contributed by atoms with Crippen LogP contribution in [0.4, 0.5) is 0 Å². The monoisotopic (exact) mass is 422 g/mol. The summed E-state index contributed by atoms with van der Waals surface area (Å²) in [5, 5.41) is 9.44. The molecule has 0 fully saturated rings. The second-order valence-electron chi connectivity index (χ2n) is 5.23. The van der Waals surface area contributed by atoms with Gasteiger partial charge in [-0.1, -0.05) is 26.2 Å². The van der Waals surface area contributed by atoms with Gasteiger partial charge >= 0.3 is 21.6 Å². The minimum atomic E-state index is -4.48. The van der Waals surface area contributed by atoms with Crippen molar-refractivity contribution < 1.29 is 51.6 Å². The van der Waals surface area contributed by atoms with Gasteiger partial charge in [-0.3, -0.25) is 22.9 Å². The Balaban J connectivity index is 3.85. The molecule has 0 amide bonds. The fourth-order valence-corrected chi connectivity index (χ4v) is 2.78. The third-order valence-electron chi connectivity index (χ3n) is 2.93. The molecular formula is C13H28O11P2. The fourth-order valence-electron chi connectivity index (χ4n) is 1.57. The number of phosphoric acid groups is 2. The molecule has 0 aliphatic rings. The summed E-state index contributed by atoms with van der Waals surface area (Å²) in [6.45, 7) is 0.137. The van der Waals surface area contributed by atoms with Crippen molar-refractivity contribution in [3.8, 4) is 0 Å². The summed E-state index contributed by atoms with van der Waals surface area (Å²) in [7, 11) is -7.80. The molecule has 156 valence electrons. The number of ether oxygens (including phenoxy) is 1. The zero-order valence-electron chi connectivity index (χ0n) is 14.9. The lowest BCUT2D eigenvalue weighted by atomic mass is 10.2. The number of unbranched alkanes of at least 4 members (excludes halogenated alkanes) is 3. The van der Waals surface area contributed by atoms with Crippen LogP contribution in [0.3, 0.4) is 0 Å². The summed E-state index contributed by atoms with van der Waals surface area (Å²) >= 11 is 0. The predicted molar refractivity (Wildman–Crippen MR) is 90.2 cm³/mol. The van der Waals surface area contributed by atoms with E-state index in [2.05, 4.69) is 25.0 Å². The Morgan fingerprint density at radius 3 is 2.15 bits per heavy atom. The van der Waals surface area contributed by atoms with Crippen LogP contribution in [0, 0.1) is 0 Å². The molecule has 11 nitrogen and oxygen atoms in total. The molecule has 26 heavy (non-hydrogen) atoms. The van der Waals surface area contributed by atoms with E-state index in [1.165, 1.54) is 0 Å². The van der Waals surface area contributed by atoms with E-state index in [-0.39, 0.29) is 19.6 Å². The molecule has 0 saturated carbocycles. The number of rotatable bonds is 16. The van der Waals surface area contributed by atoms with Gasteiger partial charge < -0.3 is 19.6 Å². The van der Waals surface area contributed by atoms with Gasteiger partial charge in [-0.25, -0.2) is 9.13 Å². The zero-order chi connectivity index (χ0) is 20.1. The average molecular weight is 422 g/mol. The van der Waals surface area contributed by atoms with Crippen LogP contribution in [0.5, 0.6) is 0 Å². The zero-order valence-corrected chi connectivity index (χ0v) is 16.7. The van der Waals surface area contributed by atoms with Gasteiger partial charge in [0.25, 0.3) is 0 Å². The number of hydrogen-bond acceptors (Lipinski definition) is 9. The number of aliphatic hydroxyl groups is 1. The Bertz CT molecular complexity index is 485. The maximum Gasteiger partial charge on any atom is 0.472 e. The van der Waals surface area contributed by atoms with Crippen LogP contribution in [0.15, 0.2) is 0 Å². The van der Waals surface area contributed by atoms with E-state index in [0.717, 1.165) is 32.8 Å². The van der Waals surface area contributed by atoms with Crippen LogP contribution in [0.2, 0.25) is 0 Å². The Morgan fingerprint density at radius 2 is 1.58 bits per heavy atom. The number of aliphatic hydroxyl groups excluding tert-OH is 1. The summed E-state index contributed by atoms with van der Waals surface area (Å²) in [4.78, 5) is 29.7. The molecule has 0 radical (unpaired) electrons. The molecule has 3 atom stereocenters. The van der Waals surface area contributed by atoms with E-state index in [1.54, 1.807) is 0 Å². The molecule has 0 bridgehead atoms. The third-order valence-corrected chi connectivity index (χ3v) is 4.85. The second-order valence-corrected chi connectivity index (χ2v) is 8.24. The molecule has 0 aromatic rings. The van der Waals surface area contributed by atoms with Gasteiger partial charge in [0, 0.05) is 13.5 Å². The molecule has 0 aliphatic carbocycles. The molecule has 2 unspecified atom stereocenters. The first-order chi connectivity index (χ1) is 12.1. The van der Waals surface area contributed by atoms with Crippen LogP contribution < -0.4 is 0 Å². The minimum absolute atomic E-state index is 0.215. The van der Waals surface area contributed by atoms with Crippen molar-refractivity contribution in [2.24, 2.45) is 0 Å². The molecular weight excluding hydrogens is 394 g/mol. The van der Waals surface area contributed by atoms with Crippen LogP contribution in [0.25, 0.3) is 0 Å². The standard InChI is InChI=1S/C13H28O11P2/c1-3-4-5-6-7-13(15)21-8-9-22-26(18,19)24-11-12(14)10-23-25(16,17)20-2/h12,14H,3-11H2,1-2H3,(H,16,17)(H,18,19)/t12-/m1/s1. The SMILES string of the molecule is CCCCCCC(=O)OCCOP(=O)(O)OC[C@H](O)COP(=O)(O)OC. The van der Waals surface area contributed by atoms with Gasteiger partial charge in [-0.15, -0.1) is 0 Å². The first kappa shape index (κ1) is 25.6. The van der Waals surface area contributed by atoms with E-state index in [0.29, 0.717) is 0 Å². The van der Waals surface area contributed by atoms with Crippen molar-refractivity contribution in [2.45, 2.75) is 45.1 Å². The molecule has 0 aromatic carbocycles. The average Bonchev–Trinajstić information content (AvgIpc) is 2.59. The number of esters is 1. The lowest BCUT2D eigenvalue weighted by molar-refractivity contribution is -0.144. The molecule has 0 heterocycles. The van der Waals surface area contributed by atoms with Gasteiger partial charge in [0.05, 0.1) is 19.8 Å². The van der Waals surface area contributed by atoms with E-state index in [4.69, 9.17) is 9.63 Å². The molecule has 0 aromatic heterocycles. The van der Waals surface area contributed by atoms with Crippen LogP contribution >= 0.6 is 15.6 Å². The van der Waals surface area contributed by atoms with Crippen molar-refractivity contribution >= 4 is 21.6 Å². The predicted octanol–water partition coefficient (Wildman–Crippen LogP) is 1.76. The van der Waals surface area contributed by atoms with Crippen molar-refractivity contribution in [3.05, 3.63) is 0 Å². The smallest absolute Gasteiger partial charge is 0.463 e. The van der Waals surface area contributed by atoms with Gasteiger partial charge in [-0.05, 0) is 6.42 Å². The van der Waals surface area contributed by atoms with Crippen molar-refractivity contribution in [2.75, 3.05) is 33.5 Å². The maximum absolute atomic E-state index is 11.6. The van der Waals surface area contributed by atoms with Crippen molar-refractivity contribution in [1.29, 1.82) is 0 Å². The number of carbonyl (C=O) groups is 1. The van der Waals surface area contributed by atoms with Crippen molar-refractivity contribution in [3.63, 3.8) is 0 Å². The molecule has 3 N–H and O–H groups in total. The number of phosphoric ester groups is 2. The number of carbonyl (C=O) groups excluding carboxylic acids is 1. The second kappa shape index (κ2) is 13.8. The summed E-state index contributed by atoms with van der Waals surface area (Å²) in [6, 6.07) is 0. The molecule has 0 rings (SSSR count). The summed E-state index contributed by atoms with van der Waals surface area (Å²) in [5.74, 6) is -0.419. The van der Waals surface area contributed by atoms with Gasteiger partial charge in [0.2, 0.25) is 0 Å². The van der Waals surface area contributed by atoms with Crippen LogP contribution in [0.1, 0.15) is 39.0 Å². The first-order valence-corrected chi connectivity index (χ1v) is 11.1. The highest BCUT2D eigenvalue weighted by molar-refractivity contribution is 7.47. The maximum atomic E-state index is 11.6. The first-order valence-electron chi connectivity index (χ1n) is 8.10. The van der Waals surface area contributed by atoms with Gasteiger partial charge in [0.1, 0.15) is 12.7 Å². The highest BCUT2D eigenvalue weighted by Gasteiger charge is 2.25. The lowest BCUT2D eigenvalue weighted by Crippen LogP contribution is -2.21. The van der Waals surface area contributed by atoms with Crippen LogP contribution in [-0.2, 0) is 36.8 Å². The highest BCUT2D eigenvalue weighted by atomic mass is 31.2. The summed E-state index contributed by atoms with van der Waals surface area (Å²) < 4.78 is 45.0. The Kier molecular flexibility index (Phi) is 13.6. The molecule has 0 spiro atoms. The van der Waals surface area contributed by atoms with Gasteiger partial charge in [-0.2, -0.15) is 0 Å². The van der Waals surface area contributed by atoms with E-state index in [1.807, 2.05) is 0 Å². The van der Waals surface area contributed by atoms with Crippen LogP contribution in [-0.4, -0.2) is 60.5 Å². The fraction of sp³-hybridized carbons (Fsp3) is 0.923. The Hall–Kier alpha value is -0.350.